The maximum absolute atomic E-state index is 12.8. The zero-order chi connectivity index (χ0) is 21.8. The van der Waals surface area contributed by atoms with Gasteiger partial charge in [-0.3, -0.25) is 4.99 Å². The van der Waals surface area contributed by atoms with Crippen LogP contribution >= 0.6 is 24.0 Å². The maximum atomic E-state index is 12.8. The predicted octanol–water partition coefficient (Wildman–Crippen LogP) is 3.49. The van der Waals surface area contributed by atoms with Crippen LogP contribution in [0.25, 0.3) is 0 Å². The van der Waals surface area contributed by atoms with Crippen LogP contribution < -0.4 is 10.6 Å². The molecule has 1 fully saturated rings. The molecule has 1 aliphatic heterocycles. The number of halogens is 1. The van der Waals surface area contributed by atoms with E-state index in [0.717, 1.165) is 23.5 Å². The molecule has 0 aromatic heterocycles. The van der Waals surface area contributed by atoms with Crippen LogP contribution in [-0.4, -0.2) is 58.1 Å². The molecule has 1 saturated heterocycles. The van der Waals surface area contributed by atoms with Crippen molar-refractivity contribution in [3.05, 3.63) is 35.4 Å². The molecule has 1 aliphatic rings. The van der Waals surface area contributed by atoms with Crippen molar-refractivity contribution >= 4 is 40.0 Å². The summed E-state index contributed by atoms with van der Waals surface area (Å²) in [4.78, 5) is 4.32. The predicted molar refractivity (Wildman–Crippen MR) is 138 cm³/mol. The molecule has 1 aromatic rings. The number of hydrogen-bond acceptors (Lipinski definition) is 4. The first-order chi connectivity index (χ1) is 14.5. The molecular weight excluding hydrogens is 527 g/mol. The maximum Gasteiger partial charge on any atom is 0.218 e. The van der Waals surface area contributed by atoms with Crippen molar-refractivity contribution in [3.63, 3.8) is 0 Å². The Labute approximate surface area is 205 Å². The van der Waals surface area contributed by atoms with E-state index in [4.69, 9.17) is 4.74 Å². The molecule has 1 heterocycles. The Hall–Kier alpha value is -0.910. The van der Waals surface area contributed by atoms with Gasteiger partial charge in [-0.15, -0.1) is 24.0 Å². The smallest absolute Gasteiger partial charge is 0.218 e. The Balaban J connectivity index is 0.00000480. The van der Waals surface area contributed by atoms with Gasteiger partial charge in [0, 0.05) is 32.7 Å². The van der Waals surface area contributed by atoms with E-state index in [1.807, 2.05) is 24.3 Å². The van der Waals surface area contributed by atoms with Crippen LogP contribution in [0.2, 0.25) is 0 Å². The van der Waals surface area contributed by atoms with E-state index in [1.165, 1.54) is 30.0 Å². The number of morpholine rings is 1. The Morgan fingerprint density at radius 3 is 2.48 bits per heavy atom. The molecule has 178 valence electrons. The van der Waals surface area contributed by atoms with Gasteiger partial charge in [-0.1, -0.05) is 56.9 Å². The number of benzene rings is 1. The lowest BCUT2D eigenvalue weighted by Gasteiger charge is -2.26. The van der Waals surface area contributed by atoms with Gasteiger partial charge in [-0.05, 0) is 24.5 Å². The molecule has 31 heavy (non-hydrogen) atoms. The summed E-state index contributed by atoms with van der Waals surface area (Å²) >= 11 is 0. The third-order valence-corrected chi connectivity index (χ3v) is 7.19. The Bertz CT molecular complexity index is 768. The van der Waals surface area contributed by atoms with Crippen LogP contribution in [-0.2, 0) is 27.1 Å². The molecule has 1 unspecified atom stereocenters. The van der Waals surface area contributed by atoms with Gasteiger partial charge < -0.3 is 15.4 Å². The largest absolute Gasteiger partial charge is 0.379 e. The highest BCUT2D eigenvalue weighted by molar-refractivity contribution is 14.0. The fraction of sp³-hybridized carbons (Fsp3) is 0.682. The van der Waals surface area contributed by atoms with Crippen molar-refractivity contribution in [1.29, 1.82) is 0 Å². The van der Waals surface area contributed by atoms with Gasteiger partial charge in [-0.2, -0.15) is 4.31 Å². The summed E-state index contributed by atoms with van der Waals surface area (Å²) in [5.74, 6) is 0.744. The minimum Gasteiger partial charge on any atom is -0.379 e. The second-order valence-electron chi connectivity index (χ2n) is 7.86. The number of sulfonamides is 1. The van der Waals surface area contributed by atoms with Gasteiger partial charge in [0.2, 0.25) is 10.0 Å². The van der Waals surface area contributed by atoms with Crippen LogP contribution in [0.4, 0.5) is 0 Å². The minimum atomic E-state index is -3.36. The summed E-state index contributed by atoms with van der Waals surface area (Å²) in [7, 11) is -1.60. The first-order valence-corrected chi connectivity index (χ1v) is 12.7. The monoisotopic (exact) mass is 566 g/mol. The lowest BCUT2D eigenvalue weighted by molar-refractivity contribution is 0.0729. The summed E-state index contributed by atoms with van der Waals surface area (Å²) < 4.78 is 32.4. The van der Waals surface area contributed by atoms with E-state index in [1.54, 1.807) is 7.05 Å². The van der Waals surface area contributed by atoms with Crippen molar-refractivity contribution in [2.24, 2.45) is 4.99 Å². The van der Waals surface area contributed by atoms with Crippen molar-refractivity contribution in [2.45, 2.75) is 64.3 Å². The van der Waals surface area contributed by atoms with Crippen molar-refractivity contribution in [2.75, 3.05) is 33.4 Å². The van der Waals surface area contributed by atoms with Crippen LogP contribution in [0, 0.1) is 0 Å². The lowest BCUT2D eigenvalue weighted by Crippen LogP contribution is -2.42. The highest BCUT2D eigenvalue weighted by Crippen LogP contribution is 2.16. The molecule has 0 radical (unpaired) electrons. The van der Waals surface area contributed by atoms with E-state index in [0.29, 0.717) is 38.9 Å². The topological polar surface area (TPSA) is 83.0 Å². The number of guanidine groups is 1. The molecule has 9 heteroatoms. The summed E-state index contributed by atoms with van der Waals surface area (Å²) in [6.07, 6.45) is 6.10. The van der Waals surface area contributed by atoms with E-state index >= 15 is 0 Å². The molecule has 0 saturated carbocycles. The molecule has 0 aliphatic carbocycles. The molecule has 0 spiro atoms. The first-order valence-electron chi connectivity index (χ1n) is 11.1. The van der Waals surface area contributed by atoms with Gasteiger partial charge >= 0.3 is 0 Å². The van der Waals surface area contributed by atoms with Crippen molar-refractivity contribution in [3.8, 4) is 0 Å². The lowest BCUT2D eigenvalue weighted by atomic mass is 10.1. The van der Waals surface area contributed by atoms with E-state index in [9.17, 15) is 8.42 Å². The van der Waals surface area contributed by atoms with Crippen LogP contribution in [0.5, 0.6) is 0 Å². The number of unbranched alkanes of at least 4 members (excludes halogenated alkanes) is 3. The third-order valence-electron chi connectivity index (χ3n) is 5.36. The van der Waals surface area contributed by atoms with E-state index < -0.39 is 10.0 Å². The molecule has 2 rings (SSSR count). The first kappa shape index (κ1) is 28.1. The Kier molecular flexibility index (Phi) is 13.6. The molecule has 0 bridgehead atoms. The molecule has 1 atom stereocenters. The third kappa shape index (κ3) is 10.0. The van der Waals surface area contributed by atoms with Gasteiger partial charge in [-0.25, -0.2) is 8.42 Å². The number of rotatable bonds is 11. The minimum absolute atomic E-state index is 0. The quantitative estimate of drug-likeness (QED) is 0.186. The van der Waals surface area contributed by atoms with Gasteiger partial charge in [0.25, 0.3) is 0 Å². The van der Waals surface area contributed by atoms with Gasteiger partial charge in [0.05, 0.1) is 19.0 Å². The average molecular weight is 567 g/mol. The van der Waals surface area contributed by atoms with E-state index in [-0.39, 0.29) is 29.7 Å². The fourth-order valence-electron chi connectivity index (χ4n) is 3.54. The summed E-state index contributed by atoms with van der Waals surface area (Å²) in [5.41, 5.74) is 1.78. The number of aliphatic imine (C=N–C) groups is 1. The van der Waals surface area contributed by atoms with Crippen LogP contribution in [0.1, 0.15) is 57.1 Å². The second kappa shape index (κ2) is 15.0. The number of nitrogens with zero attached hydrogens (tertiary/aromatic N) is 2. The van der Waals surface area contributed by atoms with Crippen LogP contribution in [0.3, 0.4) is 0 Å². The van der Waals surface area contributed by atoms with Crippen molar-refractivity contribution in [1.82, 2.24) is 14.9 Å². The fourth-order valence-corrected chi connectivity index (χ4v) is 5.10. The Morgan fingerprint density at radius 1 is 1.16 bits per heavy atom. The second-order valence-corrected chi connectivity index (χ2v) is 9.83. The highest BCUT2D eigenvalue weighted by atomic mass is 127. The van der Waals surface area contributed by atoms with Crippen LogP contribution in [0.15, 0.2) is 29.3 Å². The van der Waals surface area contributed by atoms with Gasteiger partial charge in [0.15, 0.2) is 5.96 Å². The normalized spacial score (nSPS) is 16.4. The number of nitrogens with one attached hydrogen (secondary N) is 2. The summed E-state index contributed by atoms with van der Waals surface area (Å²) in [5, 5.41) is 6.77. The van der Waals surface area contributed by atoms with Gasteiger partial charge in [0.1, 0.15) is 0 Å². The molecule has 1 aromatic carbocycles. The average Bonchev–Trinajstić information content (AvgIpc) is 2.75. The van der Waals surface area contributed by atoms with E-state index in [2.05, 4.69) is 29.5 Å². The molecule has 0 amide bonds. The SMILES string of the molecule is CCCCCCC(C)NC(=NC)NCc1ccccc1CS(=O)(=O)N1CCOCC1.I. The molecule has 7 nitrogen and oxygen atoms in total. The summed E-state index contributed by atoms with van der Waals surface area (Å²) in [6, 6.07) is 8.03. The Morgan fingerprint density at radius 2 is 1.84 bits per heavy atom. The standard InChI is InChI=1S/C22H38N4O3S.HI/c1-4-5-6-7-10-19(2)25-22(23-3)24-17-20-11-8-9-12-21(20)18-30(27,28)26-13-15-29-16-14-26;/h8-9,11-12,19H,4-7,10,13-18H2,1-3H3,(H2,23,24,25);1H. The zero-order valence-electron chi connectivity index (χ0n) is 19.1. The number of hydrogen-bond donors (Lipinski definition) is 2. The zero-order valence-corrected chi connectivity index (χ0v) is 22.2. The van der Waals surface area contributed by atoms with Crippen molar-refractivity contribution < 1.29 is 13.2 Å². The summed E-state index contributed by atoms with van der Waals surface area (Å²) in [6.45, 7) is 6.68. The highest BCUT2D eigenvalue weighted by Gasteiger charge is 2.25. The number of ether oxygens (including phenoxy) is 1. The molecule has 2 N–H and O–H groups in total. The molecular formula is C22H39IN4O3S.